The zero-order chi connectivity index (χ0) is 15.0. The van der Waals surface area contributed by atoms with Crippen molar-refractivity contribution in [2.24, 2.45) is 11.8 Å². The number of carboxylic acids is 1. The van der Waals surface area contributed by atoms with Crippen LogP contribution in [0.15, 0.2) is 24.3 Å². The first-order valence-corrected chi connectivity index (χ1v) is 6.95. The van der Waals surface area contributed by atoms with Crippen LogP contribution in [0.5, 0.6) is 0 Å². The maximum absolute atomic E-state index is 12.8. The Kier molecular flexibility index (Phi) is 3.63. The zero-order valence-corrected chi connectivity index (χ0v) is 11.3. The number of benzene rings is 1. The number of carbonyl (C=O) groups is 2. The largest absolute Gasteiger partial charge is 0.550 e. The second-order valence-corrected chi connectivity index (χ2v) is 5.51. The van der Waals surface area contributed by atoms with Crippen LogP contribution in [-0.4, -0.2) is 24.1 Å². The number of aliphatic carboxylic acids is 1. The standard InChI is InChI=1S/C15H16FNO4/c16-9-3-1-8(2-4-9)7-17-14(18)12-10-5-6-11(21-10)13(12)15(19)20/h1-4,10-13H,5-7H2,(H,17,18)(H,19,20)/p-1/t10-,11+,12+,13+/m1/s1. The molecule has 0 unspecified atom stereocenters. The summed E-state index contributed by atoms with van der Waals surface area (Å²) in [6.07, 6.45) is 0.599. The van der Waals surface area contributed by atoms with Gasteiger partial charge >= 0.3 is 0 Å². The fraction of sp³-hybridized carbons (Fsp3) is 0.467. The molecule has 2 aliphatic rings. The first kappa shape index (κ1) is 14.0. The van der Waals surface area contributed by atoms with E-state index in [2.05, 4.69) is 5.32 Å². The molecule has 0 aromatic heterocycles. The molecule has 1 aromatic rings. The Labute approximate surface area is 121 Å². The van der Waals surface area contributed by atoms with Crippen molar-refractivity contribution in [3.05, 3.63) is 35.6 Å². The van der Waals surface area contributed by atoms with Crippen LogP contribution in [0.1, 0.15) is 18.4 Å². The molecule has 3 rings (SSSR count). The molecule has 0 aliphatic carbocycles. The van der Waals surface area contributed by atoms with Crippen LogP contribution in [0.25, 0.3) is 0 Å². The van der Waals surface area contributed by atoms with Gasteiger partial charge in [-0.2, -0.15) is 0 Å². The highest BCUT2D eigenvalue weighted by molar-refractivity contribution is 5.86. The second-order valence-electron chi connectivity index (χ2n) is 5.51. The van der Waals surface area contributed by atoms with Gasteiger partial charge in [-0.25, -0.2) is 4.39 Å². The van der Waals surface area contributed by atoms with Gasteiger partial charge in [0.25, 0.3) is 0 Å². The van der Waals surface area contributed by atoms with Crippen molar-refractivity contribution >= 4 is 11.9 Å². The minimum Gasteiger partial charge on any atom is -0.550 e. The maximum atomic E-state index is 12.8. The summed E-state index contributed by atoms with van der Waals surface area (Å²) < 4.78 is 18.3. The smallest absolute Gasteiger partial charge is 0.226 e. The predicted octanol–water partition coefficient (Wildman–Crippen LogP) is -0.0146. The summed E-state index contributed by atoms with van der Waals surface area (Å²) in [5, 5.41) is 13.9. The van der Waals surface area contributed by atoms with E-state index in [1.54, 1.807) is 12.1 Å². The monoisotopic (exact) mass is 292 g/mol. The van der Waals surface area contributed by atoms with E-state index in [0.29, 0.717) is 12.8 Å². The summed E-state index contributed by atoms with van der Waals surface area (Å²) in [7, 11) is 0. The molecule has 2 aliphatic heterocycles. The molecule has 0 saturated carbocycles. The number of hydrogen-bond acceptors (Lipinski definition) is 4. The summed E-state index contributed by atoms with van der Waals surface area (Å²) in [4.78, 5) is 23.4. The predicted molar refractivity (Wildman–Crippen MR) is 68.1 cm³/mol. The van der Waals surface area contributed by atoms with Crippen LogP contribution in [0.2, 0.25) is 0 Å². The summed E-state index contributed by atoms with van der Waals surface area (Å²) in [5.41, 5.74) is 0.749. The third kappa shape index (κ3) is 2.63. The van der Waals surface area contributed by atoms with E-state index in [1.165, 1.54) is 12.1 Å². The summed E-state index contributed by atoms with van der Waals surface area (Å²) in [5.74, 6) is -3.50. The van der Waals surface area contributed by atoms with E-state index in [0.717, 1.165) is 5.56 Å². The molecule has 2 saturated heterocycles. The quantitative estimate of drug-likeness (QED) is 0.846. The fourth-order valence-electron chi connectivity index (χ4n) is 3.22. The number of ether oxygens (including phenoxy) is 1. The van der Waals surface area contributed by atoms with E-state index in [4.69, 9.17) is 4.74 Å². The number of amides is 1. The van der Waals surface area contributed by atoms with Crippen molar-refractivity contribution in [1.29, 1.82) is 0 Å². The second kappa shape index (κ2) is 5.44. The van der Waals surface area contributed by atoms with Crippen LogP contribution < -0.4 is 10.4 Å². The Hall–Kier alpha value is -1.95. The molecule has 0 radical (unpaired) electrons. The van der Waals surface area contributed by atoms with E-state index < -0.39 is 23.9 Å². The van der Waals surface area contributed by atoms with E-state index in [9.17, 15) is 19.1 Å². The van der Waals surface area contributed by atoms with E-state index in [1.807, 2.05) is 0 Å². The molecular formula is C15H15FNO4-. The summed E-state index contributed by atoms with van der Waals surface area (Å²) in [6.45, 7) is 0.229. The molecule has 6 heteroatoms. The average molecular weight is 292 g/mol. The van der Waals surface area contributed by atoms with Crippen LogP contribution in [0.3, 0.4) is 0 Å². The molecule has 1 aromatic carbocycles. The first-order valence-electron chi connectivity index (χ1n) is 6.95. The molecule has 2 heterocycles. The Bertz CT molecular complexity index is 559. The van der Waals surface area contributed by atoms with Crippen LogP contribution in [-0.2, 0) is 20.9 Å². The number of halogens is 1. The van der Waals surface area contributed by atoms with Crippen LogP contribution in [0.4, 0.5) is 4.39 Å². The van der Waals surface area contributed by atoms with Gasteiger partial charge < -0.3 is 20.0 Å². The lowest BCUT2D eigenvalue weighted by atomic mass is 9.78. The molecule has 2 bridgehead atoms. The van der Waals surface area contributed by atoms with Gasteiger partial charge in [0.15, 0.2) is 0 Å². The first-order chi connectivity index (χ1) is 10.1. The third-order valence-corrected chi connectivity index (χ3v) is 4.23. The zero-order valence-electron chi connectivity index (χ0n) is 11.3. The van der Waals surface area contributed by atoms with E-state index in [-0.39, 0.29) is 24.4 Å². The topological polar surface area (TPSA) is 78.5 Å². The summed E-state index contributed by atoms with van der Waals surface area (Å²) in [6, 6.07) is 5.77. The van der Waals surface area contributed by atoms with Gasteiger partial charge in [-0.3, -0.25) is 4.79 Å². The Morgan fingerprint density at radius 2 is 1.81 bits per heavy atom. The SMILES string of the molecule is O=C([O-])[C@@H]1[C@@H](C(=O)NCc2ccc(F)cc2)[C@H]2CC[C@@H]1O2. The molecule has 4 atom stereocenters. The van der Waals surface area contributed by atoms with Gasteiger partial charge in [-0.15, -0.1) is 0 Å². The number of hydrogen-bond donors (Lipinski definition) is 1. The van der Waals surface area contributed by atoms with Gasteiger partial charge in [0.05, 0.1) is 18.1 Å². The lowest BCUT2D eigenvalue weighted by Crippen LogP contribution is -2.48. The van der Waals surface area contributed by atoms with Crippen molar-refractivity contribution in [1.82, 2.24) is 5.32 Å². The third-order valence-electron chi connectivity index (χ3n) is 4.23. The Morgan fingerprint density at radius 3 is 2.43 bits per heavy atom. The molecular weight excluding hydrogens is 277 g/mol. The number of rotatable bonds is 4. The van der Waals surface area contributed by atoms with E-state index >= 15 is 0 Å². The number of nitrogens with one attached hydrogen (secondary N) is 1. The molecule has 112 valence electrons. The number of carbonyl (C=O) groups excluding carboxylic acids is 2. The Balaban J connectivity index is 1.64. The fourth-order valence-corrected chi connectivity index (χ4v) is 3.22. The van der Waals surface area contributed by atoms with Crippen LogP contribution in [0, 0.1) is 17.7 Å². The molecule has 0 spiro atoms. The lowest BCUT2D eigenvalue weighted by molar-refractivity contribution is -0.314. The highest BCUT2D eigenvalue weighted by atomic mass is 19.1. The highest BCUT2D eigenvalue weighted by Crippen LogP contribution is 2.43. The number of carboxylic acid groups (broad SMARTS) is 1. The minimum absolute atomic E-state index is 0.229. The van der Waals surface area contributed by atoms with Gasteiger partial charge in [-0.1, -0.05) is 12.1 Å². The van der Waals surface area contributed by atoms with Crippen LogP contribution >= 0.6 is 0 Å². The molecule has 2 fully saturated rings. The van der Waals surface area contributed by atoms with Gasteiger partial charge in [0.2, 0.25) is 5.91 Å². The lowest BCUT2D eigenvalue weighted by Gasteiger charge is -2.27. The van der Waals surface area contributed by atoms with Crippen molar-refractivity contribution in [3.63, 3.8) is 0 Å². The van der Waals surface area contributed by atoms with Gasteiger partial charge in [0.1, 0.15) is 5.82 Å². The van der Waals surface area contributed by atoms with Gasteiger partial charge in [0, 0.05) is 18.4 Å². The van der Waals surface area contributed by atoms with Gasteiger partial charge in [-0.05, 0) is 30.5 Å². The number of fused-ring (bicyclic) bond motifs is 2. The Morgan fingerprint density at radius 1 is 1.19 bits per heavy atom. The summed E-state index contributed by atoms with van der Waals surface area (Å²) >= 11 is 0. The molecule has 1 amide bonds. The minimum atomic E-state index is -1.23. The molecule has 1 N–H and O–H groups in total. The molecule has 5 nitrogen and oxygen atoms in total. The average Bonchev–Trinajstić information content (AvgIpc) is 3.06. The van der Waals surface area contributed by atoms with Crippen molar-refractivity contribution < 1.29 is 23.8 Å². The van der Waals surface area contributed by atoms with Crippen molar-refractivity contribution in [2.45, 2.75) is 31.6 Å². The van der Waals surface area contributed by atoms with Crippen molar-refractivity contribution in [2.75, 3.05) is 0 Å². The normalized spacial score (nSPS) is 30.3. The highest BCUT2D eigenvalue weighted by Gasteiger charge is 2.52. The molecule has 21 heavy (non-hydrogen) atoms. The maximum Gasteiger partial charge on any atom is 0.226 e. The van der Waals surface area contributed by atoms with Crippen molar-refractivity contribution in [3.8, 4) is 0 Å².